The molecule has 36 heavy (non-hydrogen) atoms. The largest absolute Gasteiger partial charge is 0.573 e. The summed E-state index contributed by atoms with van der Waals surface area (Å²) in [5.41, 5.74) is 2.38. The number of carbonyl (C=O) groups excluding carboxylic acids is 1. The van der Waals surface area contributed by atoms with Crippen molar-refractivity contribution < 1.29 is 27.8 Å². The number of amides is 1. The van der Waals surface area contributed by atoms with Crippen molar-refractivity contribution in [1.29, 1.82) is 5.41 Å². The van der Waals surface area contributed by atoms with E-state index in [0.717, 1.165) is 17.7 Å². The molecule has 7 nitrogen and oxygen atoms in total. The third-order valence-corrected chi connectivity index (χ3v) is 5.80. The van der Waals surface area contributed by atoms with Gasteiger partial charge in [0.15, 0.2) is 11.6 Å². The predicted molar refractivity (Wildman–Crippen MR) is 127 cm³/mol. The quantitative estimate of drug-likeness (QED) is 0.422. The van der Waals surface area contributed by atoms with Crippen molar-refractivity contribution in [3.63, 3.8) is 0 Å². The van der Waals surface area contributed by atoms with Crippen molar-refractivity contribution in [2.24, 2.45) is 0 Å². The molecule has 10 heteroatoms. The van der Waals surface area contributed by atoms with E-state index in [2.05, 4.69) is 14.9 Å². The molecule has 0 fully saturated rings. The Kier molecular flexibility index (Phi) is 6.53. The van der Waals surface area contributed by atoms with E-state index in [4.69, 9.17) is 5.41 Å². The number of carbonyl (C=O) groups is 1. The summed E-state index contributed by atoms with van der Waals surface area (Å²) >= 11 is 0. The minimum absolute atomic E-state index is 0.00385. The minimum atomic E-state index is -4.86. The van der Waals surface area contributed by atoms with E-state index in [-0.39, 0.29) is 23.0 Å². The zero-order chi connectivity index (χ0) is 26.2. The van der Waals surface area contributed by atoms with E-state index < -0.39 is 29.8 Å². The molecule has 0 aliphatic carbocycles. The van der Waals surface area contributed by atoms with Gasteiger partial charge >= 0.3 is 6.36 Å². The first kappa shape index (κ1) is 24.9. The second kappa shape index (κ2) is 9.44. The summed E-state index contributed by atoms with van der Waals surface area (Å²) < 4.78 is 41.9. The Balaban J connectivity index is 1.79. The van der Waals surface area contributed by atoms with Crippen molar-refractivity contribution in [3.05, 3.63) is 94.4 Å². The van der Waals surface area contributed by atoms with Crippen molar-refractivity contribution in [3.8, 4) is 5.75 Å². The number of hydrogen-bond acceptors (Lipinski definition) is 6. The van der Waals surface area contributed by atoms with Gasteiger partial charge in [0.05, 0.1) is 23.0 Å². The standard InChI is InChI=1S/C26H23F3N4O3/c1-14(2)16-5-7-17(8-6-16)22(30)21-23(18-9-11-19(12-10-18)36-26(27,28)29)33(25(35)24(21)34)20-13-4-15(3)31-32-20/h4-14,23,30,34H,1-3H3. The Hall–Kier alpha value is -4.21. The van der Waals surface area contributed by atoms with Crippen molar-refractivity contribution in [2.75, 3.05) is 4.90 Å². The van der Waals surface area contributed by atoms with Crippen LogP contribution >= 0.6 is 0 Å². The number of anilines is 1. The Labute approximate surface area is 205 Å². The van der Waals surface area contributed by atoms with Crippen LogP contribution in [0.3, 0.4) is 0 Å². The van der Waals surface area contributed by atoms with Gasteiger partial charge < -0.3 is 9.84 Å². The van der Waals surface area contributed by atoms with Crippen LogP contribution in [0, 0.1) is 12.3 Å². The van der Waals surface area contributed by atoms with Crippen LogP contribution in [-0.4, -0.2) is 33.3 Å². The van der Waals surface area contributed by atoms with Crippen LogP contribution < -0.4 is 9.64 Å². The number of benzene rings is 2. The van der Waals surface area contributed by atoms with E-state index in [9.17, 15) is 23.1 Å². The maximum atomic E-state index is 13.2. The van der Waals surface area contributed by atoms with Gasteiger partial charge in [-0.1, -0.05) is 50.2 Å². The highest BCUT2D eigenvalue weighted by Crippen LogP contribution is 2.41. The van der Waals surface area contributed by atoms with Crippen LogP contribution in [0.1, 0.15) is 48.2 Å². The van der Waals surface area contributed by atoms with Gasteiger partial charge in [-0.3, -0.25) is 15.1 Å². The molecule has 1 unspecified atom stereocenters. The summed E-state index contributed by atoms with van der Waals surface area (Å²) in [5.74, 6) is -1.49. The fraction of sp³-hybridized carbons (Fsp3) is 0.231. The van der Waals surface area contributed by atoms with Gasteiger partial charge in [0, 0.05) is 0 Å². The maximum Gasteiger partial charge on any atom is 0.573 e. The average molecular weight is 496 g/mol. The molecule has 1 amide bonds. The molecule has 2 N–H and O–H groups in total. The van der Waals surface area contributed by atoms with Crippen molar-refractivity contribution >= 4 is 17.4 Å². The average Bonchev–Trinajstić information content (AvgIpc) is 3.09. The second-order valence-electron chi connectivity index (χ2n) is 8.64. The molecule has 0 saturated carbocycles. The van der Waals surface area contributed by atoms with E-state index in [1.54, 1.807) is 31.2 Å². The van der Waals surface area contributed by atoms with Gasteiger partial charge in [-0.2, -0.15) is 5.10 Å². The monoisotopic (exact) mass is 496 g/mol. The topological polar surface area (TPSA) is 99.4 Å². The lowest BCUT2D eigenvalue weighted by Gasteiger charge is -2.26. The van der Waals surface area contributed by atoms with Crippen LogP contribution in [0.2, 0.25) is 0 Å². The molecular weight excluding hydrogens is 473 g/mol. The number of nitrogens with zero attached hydrogens (tertiary/aromatic N) is 3. The Morgan fingerprint density at radius 2 is 1.67 bits per heavy atom. The number of ether oxygens (including phenoxy) is 1. The highest BCUT2D eigenvalue weighted by molar-refractivity contribution is 6.21. The minimum Gasteiger partial charge on any atom is -0.503 e. The van der Waals surface area contributed by atoms with Gasteiger partial charge in [-0.25, -0.2) is 0 Å². The maximum absolute atomic E-state index is 13.2. The zero-order valence-electron chi connectivity index (χ0n) is 19.7. The summed E-state index contributed by atoms with van der Waals surface area (Å²) in [7, 11) is 0. The van der Waals surface area contributed by atoms with Gasteiger partial charge in [-0.05, 0) is 53.8 Å². The summed E-state index contributed by atoms with van der Waals surface area (Å²) in [4.78, 5) is 14.4. The van der Waals surface area contributed by atoms with E-state index in [0.29, 0.717) is 16.8 Å². The van der Waals surface area contributed by atoms with E-state index in [1.165, 1.54) is 17.0 Å². The summed E-state index contributed by atoms with van der Waals surface area (Å²) in [6.07, 6.45) is -4.86. The number of aliphatic hydroxyl groups excluding tert-OH is 1. The predicted octanol–water partition coefficient (Wildman–Crippen LogP) is 5.78. The fourth-order valence-electron chi connectivity index (χ4n) is 3.97. The number of rotatable bonds is 6. The van der Waals surface area contributed by atoms with Crippen molar-refractivity contribution in [2.45, 2.75) is 39.1 Å². The van der Waals surface area contributed by atoms with Gasteiger partial charge in [0.25, 0.3) is 5.91 Å². The highest BCUT2D eigenvalue weighted by atomic mass is 19.4. The number of hydrogen-bond donors (Lipinski definition) is 2. The molecule has 186 valence electrons. The first-order valence-electron chi connectivity index (χ1n) is 11.1. The molecule has 3 aromatic rings. The number of aromatic nitrogens is 2. The van der Waals surface area contributed by atoms with Crippen LogP contribution in [0.4, 0.5) is 19.0 Å². The molecule has 1 aliphatic rings. The number of aryl methyl sites for hydroxylation is 1. The van der Waals surface area contributed by atoms with E-state index >= 15 is 0 Å². The van der Waals surface area contributed by atoms with Crippen LogP contribution in [-0.2, 0) is 4.79 Å². The molecule has 1 aromatic heterocycles. The molecule has 2 heterocycles. The Morgan fingerprint density at radius 1 is 1.03 bits per heavy atom. The van der Waals surface area contributed by atoms with Gasteiger partial charge in [-0.15, -0.1) is 18.3 Å². The summed E-state index contributed by atoms with van der Waals surface area (Å²) in [6, 6.07) is 14.3. The Morgan fingerprint density at radius 3 is 2.19 bits per heavy atom. The molecule has 2 aromatic carbocycles. The number of alkyl halides is 3. The smallest absolute Gasteiger partial charge is 0.503 e. The Bertz CT molecular complexity index is 1320. The first-order chi connectivity index (χ1) is 17.0. The second-order valence-corrected chi connectivity index (χ2v) is 8.64. The number of nitrogens with one attached hydrogen (secondary N) is 1. The number of halogens is 3. The lowest BCUT2D eigenvalue weighted by molar-refractivity contribution is -0.274. The molecule has 4 rings (SSSR count). The van der Waals surface area contributed by atoms with Gasteiger partial charge in [0.2, 0.25) is 0 Å². The molecule has 0 bridgehead atoms. The van der Waals surface area contributed by atoms with Crippen molar-refractivity contribution in [1.82, 2.24) is 10.2 Å². The third-order valence-electron chi connectivity index (χ3n) is 5.80. The lowest BCUT2D eigenvalue weighted by Crippen LogP contribution is -2.32. The zero-order valence-corrected chi connectivity index (χ0v) is 19.7. The molecule has 0 spiro atoms. The van der Waals surface area contributed by atoms with Crippen LogP contribution in [0.25, 0.3) is 0 Å². The number of aliphatic hydroxyl groups is 1. The SMILES string of the molecule is Cc1ccc(N2C(=O)C(O)=C(C(=N)c3ccc(C(C)C)cc3)C2c2ccc(OC(F)(F)F)cc2)nn1. The molecule has 1 aliphatic heterocycles. The fourth-order valence-corrected chi connectivity index (χ4v) is 3.97. The summed E-state index contributed by atoms with van der Waals surface area (Å²) in [5, 5.41) is 27.8. The van der Waals surface area contributed by atoms with E-state index in [1.807, 2.05) is 26.0 Å². The van der Waals surface area contributed by atoms with Crippen LogP contribution in [0.5, 0.6) is 5.75 Å². The lowest BCUT2D eigenvalue weighted by atomic mass is 9.91. The van der Waals surface area contributed by atoms with Gasteiger partial charge in [0.1, 0.15) is 5.75 Å². The molecule has 0 saturated heterocycles. The molecular formula is C26H23F3N4O3. The molecule has 1 atom stereocenters. The normalized spacial score (nSPS) is 16.1. The highest BCUT2D eigenvalue weighted by Gasteiger charge is 2.44. The molecule has 0 radical (unpaired) electrons. The third kappa shape index (κ3) is 4.93. The first-order valence-corrected chi connectivity index (χ1v) is 11.1. The van der Waals surface area contributed by atoms with Crippen LogP contribution in [0.15, 0.2) is 72.0 Å². The summed E-state index contributed by atoms with van der Waals surface area (Å²) in [6.45, 7) is 5.79.